The van der Waals surface area contributed by atoms with Gasteiger partial charge in [-0.15, -0.1) is 0 Å². The molecular formula is C23H31N3O4. The van der Waals surface area contributed by atoms with Crippen molar-refractivity contribution in [2.24, 2.45) is 11.8 Å². The number of piperazine rings is 1. The summed E-state index contributed by atoms with van der Waals surface area (Å²) in [4.78, 5) is 43.3. The molecule has 1 aromatic carbocycles. The highest BCUT2D eigenvalue weighted by Gasteiger charge is 2.47. The Morgan fingerprint density at radius 1 is 0.967 bits per heavy atom. The van der Waals surface area contributed by atoms with Crippen molar-refractivity contribution < 1.29 is 19.1 Å². The summed E-state index contributed by atoms with van der Waals surface area (Å²) >= 11 is 0. The number of rotatable bonds is 6. The first-order chi connectivity index (χ1) is 14.6. The van der Waals surface area contributed by atoms with E-state index >= 15 is 0 Å². The summed E-state index contributed by atoms with van der Waals surface area (Å²) in [6, 6.07) is 8.06. The van der Waals surface area contributed by atoms with E-state index in [4.69, 9.17) is 4.74 Å². The maximum absolute atomic E-state index is 12.7. The van der Waals surface area contributed by atoms with Gasteiger partial charge in [0.15, 0.2) is 0 Å². The van der Waals surface area contributed by atoms with Crippen LogP contribution >= 0.6 is 0 Å². The van der Waals surface area contributed by atoms with Crippen LogP contribution in [0.5, 0.6) is 5.75 Å². The molecule has 2 unspecified atom stereocenters. The Morgan fingerprint density at radius 3 is 2.13 bits per heavy atom. The number of benzene rings is 1. The van der Waals surface area contributed by atoms with Crippen LogP contribution in [0.3, 0.4) is 0 Å². The Hall–Kier alpha value is -2.41. The summed E-state index contributed by atoms with van der Waals surface area (Å²) in [5, 5.41) is 0. The van der Waals surface area contributed by atoms with Gasteiger partial charge in [-0.25, -0.2) is 0 Å². The molecule has 3 amide bonds. The van der Waals surface area contributed by atoms with E-state index in [1.807, 2.05) is 17.0 Å². The Labute approximate surface area is 177 Å². The number of fused-ring (bicyclic) bond motifs is 1. The lowest BCUT2D eigenvalue weighted by Gasteiger charge is -2.35. The molecule has 2 aliphatic heterocycles. The number of hydrogen-bond acceptors (Lipinski definition) is 5. The predicted octanol–water partition coefficient (Wildman–Crippen LogP) is 1.90. The van der Waals surface area contributed by atoms with Gasteiger partial charge in [-0.3, -0.25) is 24.2 Å². The van der Waals surface area contributed by atoms with E-state index in [1.165, 1.54) is 10.5 Å². The number of imide groups is 1. The van der Waals surface area contributed by atoms with Crippen LogP contribution in [0.25, 0.3) is 0 Å². The van der Waals surface area contributed by atoms with Gasteiger partial charge in [0.25, 0.3) is 0 Å². The van der Waals surface area contributed by atoms with Crippen LogP contribution in [-0.4, -0.2) is 72.3 Å². The summed E-state index contributed by atoms with van der Waals surface area (Å²) in [6.45, 7) is 4.10. The van der Waals surface area contributed by atoms with Gasteiger partial charge in [-0.05, 0) is 30.5 Å². The monoisotopic (exact) mass is 413 g/mol. The maximum atomic E-state index is 12.7. The first kappa shape index (κ1) is 20.8. The minimum absolute atomic E-state index is 0.0366. The van der Waals surface area contributed by atoms with Crippen LogP contribution < -0.4 is 4.74 Å². The number of methoxy groups -OCH3 is 1. The van der Waals surface area contributed by atoms with Crippen molar-refractivity contribution >= 4 is 17.7 Å². The van der Waals surface area contributed by atoms with Crippen LogP contribution in [0.15, 0.2) is 24.3 Å². The van der Waals surface area contributed by atoms with Gasteiger partial charge in [0, 0.05) is 45.7 Å². The smallest absolute Gasteiger partial charge is 0.233 e. The molecule has 7 heteroatoms. The van der Waals surface area contributed by atoms with Crippen LogP contribution in [0.4, 0.5) is 0 Å². The zero-order valence-corrected chi connectivity index (χ0v) is 17.7. The van der Waals surface area contributed by atoms with Crippen molar-refractivity contribution in [2.75, 3.05) is 39.8 Å². The summed E-state index contributed by atoms with van der Waals surface area (Å²) in [5.74, 6) is 0.507. The average molecular weight is 414 g/mol. The molecule has 30 heavy (non-hydrogen) atoms. The van der Waals surface area contributed by atoms with E-state index in [0.29, 0.717) is 13.1 Å². The number of nitrogens with zero attached hydrogens (tertiary/aromatic N) is 3. The van der Waals surface area contributed by atoms with E-state index in [2.05, 4.69) is 17.0 Å². The Kier molecular flexibility index (Phi) is 6.37. The highest BCUT2D eigenvalue weighted by atomic mass is 16.5. The molecular weight excluding hydrogens is 382 g/mol. The van der Waals surface area contributed by atoms with E-state index in [9.17, 15) is 14.4 Å². The van der Waals surface area contributed by atoms with Crippen LogP contribution in [0.1, 0.15) is 37.7 Å². The fourth-order valence-corrected chi connectivity index (χ4v) is 4.96. The maximum Gasteiger partial charge on any atom is 0.233 e. The lowest BCUT2D eigenvalue weighted by molar-refractivity contribution is -0.141. The van der Waals surface area contributed by atoms with Crippen molar-refractivity contribution in [2.45, 2.75) is 38.6 Å². The molecule has 162 valence electrons. The third-order valence-corrected chi connectivity index (χ3v) is 6.77. The van der Waals surface area contributed by atoms with E-state index < -0.39 is 0 Å². The zero-order valence-electron chi connectivity index (χ0n) is 17.7. The van der Waals surface area contributed by atoms with E-state index in [1.54, 1.807) is 7.11 Å². The molecule has 1 aromatic rings. The average Bonchev–Trinajstić information content (AvgIpc) is 3.03. The van der Waals surface area contributed by atoms with Crippen molar-refractivity contribution in [1.29, 1.82) is 0 Å². The van der Waals surface area contributed by atoms with E-state index in [-0.39, 0.29) is 42.5 Å². The fourth-order valence-electron chi connectivity index (χ4n) is 4.96. The van der Waals surface area contributed by atoms with Crippen LogP contribution in [0.2, 0.25) is 0 Å². The second-order valence-electron chi connectivity index (χ2n) is 8.58. The third-order valence-electron chi connectivity index (χ3n) is 6.77. The zero-order chi connectivity index (χ0) is 21.1. The molecule has 2 saturated heterocycles. The SMILES string of the molecule is COc1ccc(CN2CCN(C(=O)CCN3C(=O)C4CCCCC4C3=O)CC2)cc1. The molecule has 4 rings (SSSR count). The predicted molar refractivity (Wildman–Crippen MR) is 112 cm³/mol. The fraction of sp³-hybridized carbons (Fsp3) is 0.609. The number of ether oxygens (including phenoxy) is 1. The molecule has 2 atom stereocenters. The second-order valence-corrected chi connectivity index (χ2v) is 8.58. The van der Waals surface area contributed by atoms with Crippen molar-refractivity contribution in [3.8, 4) is 5.75 Å². The van der Waals surface area contributed by atoms with Gasteiger partial charge in [0.05, 0.1) is 18.9 Å². The molecule has 1 saturated carbocycles. The molecule has 7 nitrogen and oxygen atoms in total. The molecule has 0 bridgehead atoms. The first-order valence-electron chi connectivity index (χ1n) is 11.0. The largest absolute Gasteiger partial charge is 0.497 e. The number of carbonyl (C=O) groups excluding carboxylic acids is 3. The molecule has 0 radical (unpaired) electrons. The molecule has 3 fully saturated rings. The number of hydrogen-bond donors (Lipinski definition) is 0. The Morgan fingerprint density at radius 2 is 1.57 bits per heavy atom. The van der Waals surface area contributed by atoms with Gasteiger partial charge in [-0.1, -0.05) is 25.0 Å². The number of amides is 3. The molecule has 1 aliphatic carbocycles. The Balaban J connectivity index is 1.22. The van der Waals surface area contributed by atoms with Gasteiger partial charge in [0.1, 0.15) is 5.75 Å². The van der Waals surface area contributed by atoms with E-state index in [0.717, 1.165) is 51.1 Å². The molecule has 0 aromatic heterocycles. The quantitative estimate of drug-likeness (QED) is 0.667. The number of carbonyl (C=O) groups is 3. The third kappa shape index (κ3) is 4.36. The van der Waals surface area contributed by atoms with Gasteiger partial charge in [-0.2, -0.15) is 0 Å². The normalized spacial score (nSPS) is 24.8. The van der Waals surface area contributed by atoms with Gasteiger partial charge < -0.3 is 9.64 Å². The van der Waals surface area contributed by atoms with Crippen molar-refractivity contribution in [3.63, 3.8) is 0 Å². The standard InChI is InChI=1S/C23H31N3O4/c1-30-18-8-6-17(7-9-18)16-24-12-14-25(15-13-24)21(27)10-11-26-22(28)19-4-2-3-5-20(19)23(26)29/h6-9,19-20H,2-5,10-16H2,1H3. The van der Waals surface area contributed by atoms with Crippen LogP contribution in [-0.2, 0) is 20.9 Å². The second kappa shape index (κ2) is 9.16. The summed E-state index contributed by atoms with van der Waals surface area (Å²) in [6.07, 6.45) is 3.91. The molecule has 0 spiro atoms. The summed E-state index contributed by atoms with van der Waals surface area (Å²) in [7, 11) is 1.66. The highest BCUT2D eigenvalue weighted by Crippen LogP contribution is 2.38. The lowest BCUT2D eigenvalue weighted by atomic mass is 9.81. The van der Waals surface area contributed by atoms with Crippen molar-refractivity contribution in [1.82, 2.24) is 14.7 Å². The number of likely N-dealkylation sites (tertiary alicyclic amines) is 1. The van der Waals surface area contributed by atoms with Gasteiger partial charge in [0.2, 0.25) is 17.7 Å². The minimum Gasteiger partial charge on any atom is -0.497 e. The minimum atomic E-state index is -0.136. The highest BCUT2D eigenvalue weighted by molar-refractivity contribution is 6.05. The first-order valence-corrected chi connectivity index (χ1v) is 11.0. The molecule has 2 heterocycles. The molecule has 0 N–H and O–H groups in total. The van der Waals surface area contributed by atoms with Gasteiger partial charge >= 0.3 is 0 Å². The van der Waals surface area contributed by atoms with Crippen molar-refractivity contribution in [3.05, 3.63) is 29.8 Å². The lowest BCUT2D eigenvalue weighted by Crippen LogP contribution is -2.49. The topological polar surface area (TPSA) is 70.2 Å². The Bertz CT molecular complexity index is 762. The van der Waals surface area contributed by atoms with Crippen LogP contribution in [0, 0.1) is 11.8 Å². The molecule has 3 aliphatic rings. The summed E-state index contributed by atoms with van der Waals surface area (Å²) < 4.78 is 5.20. The summed E-state index contributed by atoms with van der Waals surface area (Å²) in [5.41, 5.74) is 1.23.